The van der Waals surface area contributed by atoms with Crippen molar-refractivity contribution < 1.29 is 4.74 Å². The van der Waals surface area contributed by atoms with E-state index in [1.54, 1.807) is 13.4 Å². The summed E-state index contributed by atoms with van der Waals surface area (Å²) < 4.78 is 8.09. The SMILES string of the molecule is COc1cc(C)c(Cl)cc1-c1c(Br)ncn1C. The Balaban J connectivity index is 2.70. The smallest absolute Gasteiger partial charge is 0.132 e. The zero-order valence-electron chi connectivity index (χ0n) is 9.79. The average Bonchev–Trinajstić information content (AvgIpc) is 2.62. The first-order valence-electron chi connectivity index (χ1n) is 5.06. The molecule has 1 aromatic carbocycles. The van der Waals surface area contributed by atoms with Gasteiger partial charge in [-0.1, -0.05) is 11.6 Å². The van der Waals surface area contributed by atoms with Gasteiger partial charge in [0.1, 0.15) is 10.4 Å². The molecule has 0 saturated heterocycles. The van der Waals surface area contributed by atoms with Gasteiger partial charge in [0, 0.05) is 17.6 Å². The van der Waals surface area contributed by atoms with Gasteiger partial charge >= 0.3 is 0 Å². The van der Waals surface area contributed by atoms with Gasteiger partial charge in [-0.15, -0.1) is 0 Å². The molecule has 2 aromatic rings. The van der Waals surface area contributed by atoms with Gasteiger partial charge in [-0.05, 0) is 40.5 Å². The summed E-state index contributed by atoms with van der Waals surface area (Å²) in [7, 11) is 3.58. The summed E-state index contributed by atoms with van der Waals surface area (Å²) >= 11 is 9.59. The Hall–Kier alpha value is -1.00. The largest absolute Gasteiger partial charge is 0.496 e. The third-order valence-corrected chi connectivity index (χ3v) is 3.62. The van der Waals surface area contributed by atoms with Gasteiger partial charge < -0.3 is 9.30 Å². The lowest BCUT2D eigenvalue weighted by molar-refractivity contribution is 0.416. The highest BCUT2D eigenvalue weighted by Gasteiger charge is 2.15. The lowest BCUT2D eigenvalue weighted by Crippen LogP contribution is -1.95. The normalized spacial score (nSPS) is 10.6. The minimum Gasteiger partial charge on any atom is -0.496 e. The van der Waals surface area contributed by atoms with Crippen LogP contribution in [0.15, 0.2) is 23.1 Å². The molecule has 0 aliphatic heterocycles. The maximum absolute atomic E-state index is 6.16. The monoisotopic (exact) mass is 314 g/mol. The fraction of sp³-hybridized carbons (Fsp3) is 0.250. The van der Waals surface area contributed by atoms with E-state index in [2.05, 4.69) is 20.9 Å². The Kier molecular flexibility index (Phi) is 3.45. The molecule has 3 nitrogen and oxygen atoms in total. The van der Waals surface area contributed by atoms with Gasteiger partial charge in [-0.2, -0.15) is 0 Å². The van der Waals surface area contributed by atoms with Gasteiger partial charge in [0.25, 0.3) is 0 Å². The van der Waals surface area contributed by atoms with Crippen molar-refractivity contribution in [1.82, 2.24) is 9.55 Å². The molecule has 0 amide bonds. The third-order valence-electron chi connectivity index (χ3n) is 2.63. The van der Waals surface area contributed by atoms with E-state index in [4.69, 9.17) is 16.3 Å². The van der Waals surface area contributed by atoms with E-state index in [1.807, 2.05) is 30.7 Å². The molecular weight excluding hydrogens is 304 g/mol. The van der Waals surface area contributed by atoms with Crippen LogP contribution in [0.25, 0.3) is 11.3 Å². The minimum absolute atomic E-state index is 0.717. The second-order valence-electron chi connectivity index (χ2n) is 3.80. The van der Waals surface area contributed by atoms with Gasteiger partial charge in [0.2, 0.25) is 0 Å². The van der Waals surface area contributed by atoms with Crippen LogP contribution in [0.2, 0.25) is 5.02 Å². The molecular formula is C12H12BrClN2O. The van der Waals surface area contributed by atoms with E-state index >= 15 is 0 Å². The summed E-state index contributed by atoms with van der Waals surface area (Å²) in [6, 6.07) is 3.83. The number of ether oxygens (including phenoxy) is 1. The van der Waals surface area contributed by atoms with Crippen molar-refractivity contribution in [2.75, 3.05) is 7.11 Å². The van der Waals surface area contributed by atoms with Gasteiger partial charge in [-0.25, -0.2) is 4.98 Å². The van der Waals surface area contributed by atoms with Crippen LogP contribution in [0.1, 0.15) is 5.56 Å². The van der Waals surface area contributed by atoms with Crippen molar-refractivity contribution in [2.24, 2.45) is 7.05 Å². The number of rotatable bonds is 2. The van der Waals surface area contributed by atoms with Crippen LogP contribution < -0.4 is 4.74 Å². The molecule has 17 heavy (non-hydrogen) atoms. The average molecular weight is 316 g/mol. The minimum atomic E-state index is 0.717. The number of hydrogen-bond donors (Lipinski definition) is 0. The molecule has 0 atom stereocenters. The second-order valence-corrected chi connectivity index (χ2v) is 4.95. The van der Waals surface area contributed by atoms with E-state index in [1.165, 1.54) is 0 Å². The fourth-order valence-electron chi connectivity index (χ4n) is 1.71. The van der Waals surface area contributed by atoms with Crippen molar-refractivity contribution in [3.63, 3.8) is 0 Å². The Morgan fingerprint density at radius 2 is 2.12 bits per heavy atom. The lowest BCUT2D eigenvalue weighted by Gasteiger charge is -2.11. The molecule has 0 spiro atoms. The van der Waals surface area contributed by atoms with Crippen molar-refractivity contribution in [1.29, 1.82) is 0 Å². The Bertz CT molecular complexity index is 546. The predicted molar refractivity (Wildman–Crippen MR) is 72.6 cm³/mol. The van der Waals surface area contributed by atoms with E-state index in [-0.39, 0.29) is 0 Å². The van der Waals surface area contributed by atoms with E-state index in [0.717, 1.165) is 27.2 Å². The Morgan fingerprint density at radius 3 is 2.65 bits per heavy atom. The lowest BCUT2D eigenvalue weighted by atomic mass is 10.1. The number of aromatic nitrogens is 2. The first-order valence-corrected chi connectivity index (χ1v) is 6.23. The molecule has 0 saturated carbocycles. The van der Waals surface area contributed by atoms with Crippen molar-refractivity contribution >= 4 is 27.5 Å². The number of imidazole rings is 1. The summed E-state index contributed by atoms with van der Waals surface area (Å²) in [5, 5.41) is 0.717. The molecule has 2 rings (SSSR count). The second kappa shape index (κ2) is 4.70. The van der Waals surface area contributed by atoms with E-state index in [9.17, 15) is 0 Å². The summed E-state index contributed by atoms with van der Waals surface area (Å²) in [5.74, 6) is 0.788. The highest BCUT2D eigenvalue weighted by atomic mass is 79.9. The van der Waals surface area contributed by atoms with Crippen molar-refractivity contribution in [3.05, 3.63) is 33.6 Å². The first-order chi connectivity index (χ1) is 8.04. The molecule has 0 unspecified atom stereocenters. The summed E-state index contributed by atoms with van der Waals surface area (Å²) in [6.07, 6.45) is 1.74. The molecule has 1 heterocycles. The van der Waals surface area contributed by atoms with Crippen LogP contribution in [0, 0.1) is 6.92 Å². The molecule has 0 aliphatic carbocycles. The number of hydrogen-bond acceptors (Lipinski definition) is 2. The number of nitrogens with zero attached hydrogens (tertiary/aromatic N) is 2. The van der Waals surface area contributed by atoms with Crippen LogP contribution in [0.5, 0.6) is 5.75 Å². The molecule has 1 aromatic heterocycles. The summed E-state index contributed by atoms with van der Waals surface area (Å²) in [4.78, 5) is 4.20. The standard InChI is InChI=1S/C12H12BrClN2O/c1-7-4-10(17-3)8(5-9(7)14)11-12(13)15-6-16(11)2/h4-6H,1-3H3. The molecule has 0 aliphatic rings. The Labute approximate surface area is 114 Å². The fourth-order valence-corrected chi connectivity index (χ4v) is 2.46. The molecule has 0 N–H and O–H groups in total. The van der Waals surface area contributed by atoms with Crippen LogP contribution >= 0.6 is 27.5 Å². The summed E-state index contributed by atoms with van der Waals surface area (Å²) in [5.41, 5.74) is 2.87. The summed E-state index contributed by atoms with van der Waals surface area (Å²) in [6.45, 7) is 1.95. The Morgan fingerprint density at radius 1 is 1.41 bits per heavy atom. The molecule has 0 bridgehead atoms. The molecule has 5 heteroatoms. The quantitative estimate of drug-likeness (QED) is 0.842. The maximum atomic E-state index is 6.16. The number of halogens is 2. The molecule has 0 fully saturated rings. The van der Waals surface area contributed by atoms with Crippen molar-refractivity contribution in [2.45, 2.75) is 6.92 Å². The third kappa shape index (κ3) is 2.19. The predicted octanol–water partition coefficient (Wildman–Crippen LogP) is 3.82. The molecule has 0 radical (unpaired) electrons. The van der Waals surface area contributed by atoms with Crippen molar-refractivity contribution in [3.8, 4) is 17.0 Å². The highest BCUT2D eigenvalue weighted by Crippen LogP contribution is 2.37. The highest BCUT2D eigenvalue weighted by molar-refractivity contribution is 9.10. The van der Waals surface area contributed by atoms with E-state index < -0.39 is 0 Å². The van der Waals surface area contributed by atoms with Crippen LogP contribution in [-0.4, -0.2) is 16.7 Å². The van der Waals surface area contributed by atoms with E-state index in [0.29, 0.717) is 5.02 Å². The number of benzene rings is 1. The first kappa shape index (κ1) is 12.5. The van der Waals surface area contributed by atoms with Crippen LogP contribution in [0.4, 0.5) is 0 Å². The topological polar surface area (TPSA) is 27.1 Å². The van der Waals surface area contributed by atoms with Crippen LogP contribution in [-0.2, 0) is 7.05 Å². The van der Waals surface area contributed by atoms with Gasteiger partial charge in [-0.3, -0.25) is 0 Å². The van der Waals surface area contributed by atoms with Gasteiger partial charge in [0.05, 0.1) is 19.1 Å². The zero-order chi connectivity index (χ0) is 12.6. The van der Waals surface area contributed by atoms with Gasteiger partial charge in [0.15, 0.2) is 0 Å². The maximum Gasteiger partial charge on any atom is 0.132 e. The zero-order valence-corrected chi connectivity index (χ0v) is 12.1. The number of aryl methyl sites for hydroxylation is 2. The molecule has 90 valence electrons. The number of methoxy groups -OCH3 is 1. The van der Waals surface area contributed by atoms with Crippen LogP contribution in [0.3, 0.4) is 0 Å².